The fourth-order valence-electron chi connectivity index (χ4n) is 2.80. The largest absolute Gasteiger partial charge is 0.542 e. The van der Waals surface area contributed by atoms with Gasteiger partial charge in [-0.3, -0.25) is 0 Å². The molecule has 23 heavy (non-hydrogen) atoms. The molecule has 2 nitrogen and oxygen atoms in total. The second-order valence-corrected chi connectivity index (χ2v) is 16.9. The molecule has 1 aliphatic rings. The van der Waals surface area contributed by atoms with E-state index in [4.69, 9.17) is 8.85 Å². The van der Waals surface area contributed by atoms with Crippen LogP contribution in [0.3, 0.4) is 0 Å². The van der Waals surface area contributed by atoms with Crippen LogP contribution >= 0.6 is 0 Å². The third-order valence-corrected chi connectivity index (χ3v) is 5.18. The van der Waals surface area contributed by atoms with Gasteiger partial charge in [-0.25, -0.2) is 0 Å². The first-order valence-electron chi connectivity index (χ1n) is 8.13. The van der Waals surface area contributed by atoms with Gasteiger partial charge < -0.3 is 8.85 Å². The van der Waals surface area contributed by atoms with E-state index in [1.54, 1.807) is 0 Å². The number of hydrogen-bond acceptors (Lipinski definition) is 2. The molecule has 0 bridgehead atoms. The Kier molecular flexibility index (Phi) is 3.93. The molecule has 1 aliphatic carbocycles. The molecule has 0 spiro atoms. The van der Waals surface area contributed by atoms with Gasteiger partial charge >= 0.3 is 0 Å². The summed E-state index contributed by atoms with van der Waals surface area (Å²) in [5.41, 5.74) is 4.96. The summed E-state index contributed by atoms with van der Waals surface area (Å²) < 4.78 is 12.8. The molecular formula is C19H25O2Si2. The quantitative estimate of drug-likeness (QED) is 0.567. The molecule has 0 heterocycles. The van der Waals surface area contributed by atoms with Gasteiger partial charge in [-0.1, -0.05) is 30.3 Å². The van der Waals surface area contributed by atoms with Crippen molar-refractivity contribution in [1.82, 2.24) is 0 Å². The lowest BCUT2D eigenvalue weighted by molar-refractivity contribution is 0.487. The van der Waals surface area contributed by atoms with Gasteiger partial charge in [0.25, 0.3) is 0 Å². The third-order valence-electron chi connectivity index (χ3n) is 3.54. The van der Waals surface area contributed by atoms with Crippen LogP contribution in [0.15, 0.2) is 36.4 Å². The topological polar surface area (TPSA) is 18.5 Å². The second-order valence-electron chi connectivity index (χ2n) is 8.01. The van der Waals surface area contributed by atoms with Crippen molar-refractivity contribution in [2.75, 3.05) is 0 Å². The maximum absolute atomic E-state index is 6.46. The third kappa shape index (κ3) is 3.53. The van der Waals surface area contributed by atoms with Crippen molar-refractivity contribution in [2.45, 2.75) is 39.3 Å². The molecule has 0 aromatic heterocycles. The van der Waals surface area contributed by atoms with Crippen LogP contribution in [0, 0.1) is 6.42 Å². The van der Waals surface area contributed by atoms with Gasteiger partial charge in [0.2, 0.25) is 16.6 Å². The maximum Gasteiger partial charge on any atom is 0.242 e. The van der Waals surface area contributed by atoms with Gasteiger partial charge in [-0.2, -0.15) is 0 Å². The van der Waals surface area contributed by atoms with E-state index in [0.717, 1.165) is 11.5 Å². The van der Waals surface area contributed by atoms with E-state index >= 15 is 0 Å². The standard InChI is InChI=1S/C19H25O2Si2/c1-22(2,3)20-18-12-11-16-15-10-8-7-9-14(15)13-17(16)19(18)21-23(4,5)6/h7-13H,1-6H3. The smallest absolute Gasteiger partial charge is 0.242 e. The predicted molar refractivity (Wildman–Crippen MR) is 102 cm³/mol. The molecule has 0 atom stereocenters. The zero-order valence-electron chi connectivity index (χ0n) is 14.9. The number of hydrogen-bond donors (Lipinski definition) is 0. The van der Waals surface area contributed by atoms with E-state index < -0.39 is 16.6 Å². The van der Waals surface area contributed by atoms with E-state index in [2.05, 4.69) is 82.1 Å². The minimum absolute atomic E-state index is 0.898. The Morgan fingerprint density at radius 2 is 1.35 bits per heavy atom. The first-order chi connectivity index (χ1) is 10.6. The van der Waals surface area contributed by atoms with Gasteiger partial charge in [0.15, 0.2) is 0 Å². The summed E-state index contributed by atoms with van der Waals surface area (Å²) in [4.78, 5) is 0. The highest BCUT2D eigenvalue weighted by Gasteiger charge is 2.29. The Morgan fingerprint density at radius 1 is 0.696 bits per heavy atom. The highest BCUT2D eigenvalue weighted by molar-refractivity contribution is 6.71. The fourth-order valence-corrected chi connectivity index (χ4v) is 4.45. The first kappa shape index (κ1) is 16.3. The summed E-state index contributed by atoms with van der Waals surface area (Å²) >= 11 is 0. The minimum atomic E-state index is -1.74. The molecule has 3 rings (SSSR count). The van der Waals surface area contributed by atoms with Gasteiger partial charge in [0, 0.05) is 12.0 Å². The zero-order chi connectivity index (χ0) is 16.8. The van der Waals surface area contributed by atoms with Crippen LogP contribution in [0.4, 0.5) is 0 Å². The van der Waals surface area contributed by atoms with Gasteiger partial charge in [0.05, 0.1) is 0 Å². The lowest BCUT2D eigenvalue weighted by Crippen LogP contribution is -2.32. The molecule has 4 heteroatoms. The van der Waals surface area contributed by atoms with Crippen molar-refractivity contribution in [2.24, 2.45) is 0 Å². The molecule has 0 unspecified atom stereocenters. The van der Waals surface area contributed by atoms with Crippen molar-refractivity contribution in [3.05, 3.63) is 53.9 Å². The number of rotatable bonds is 4. The highest BCUT2D eigenvalue weighted by Crippen LogP contribution is 2.47. The number of benzene rings is 2. The molecule has 2 aromatic rings. The van der Waals surface area contributed by atoms with Crippen molar-refractivity contribution in [1.29, 1.82) is 0 Å². The van der Waals surface area contributed by atoms with Crippen molar-refractivity contribution >= 4 is 16.6 Å². The van der Waals surface area contributed by atoms with Crippen LogP contribution in [0.25, 0.3) is 11.1 Å². The summed E-state index contributed by atoms with van der Waals surface area (Å²) in [7, 11) is -3.43. The van der Waals surface area contributed by atoms with E-state index in [0.29, 0.717) is 0 Å². The van der Waals surface area contributed by atoms with Gasteiger partial charge in [-0.15, -0.1) is 0 Å². The van der Waals surface area contributed by atoms with Gasteiger partial charge in [0.1, 0.15) is 11.5 Å². The van der Waals surface area contributed by atoms with Crippen LogP contribution in [-0.2, 0) is 0 Å². The van der Waals surface area contributed by atoms with E-state index in [-0.39, 0.29) is 0 Å². The van der Waals surface area contributed by atoms with Crippen LogP contribution in [-0.4, -0.2) is 16.6 Å². The second kappa shape index (κ2) is 5.53. The predicted octanol–water partition coefficient (Wildman–Crippen LogP) is 5.70. The average Bonchev–Trinajstić information content (AvgIpc) is 2.77. The molecular weight excluding hydrogens is 316 g/mol. The number of fused-ring (bicyclic) bond motifs is 3. The van der Waals surface area contributed by atoms with Gasteiger partial charge in [-0.05, 0) is 62.0 Å². The molecule has 0 saturated carbocycles. The molecule has 0 fully saturated rings. The van der Waals surface area contributed by atoms with E-state index in [1.165, 1.54) is 22.3 Å². The molecule has 2 aromatic carbocycles. The summed E-state index contributed by atoms with van der Waals surface area (Å²) in [6.07, 6.45) is 2.23. The van der Waals surface area contributed by atoms with Crippen LogP contribution in [0.2, 0.25) is 39.3 Å². The lowest BCUT2D eigenvalue weighted by atomic mass is 10.1. The first-order valence-corrected chi connectivity index (χ1v) is 14.9. The average molecular weight is 342 g/mol. The van der Waals surface area contributed by atoms with Crippen LogP contribution in [0.1, 0.15) is 11.1 Å². The van der Waals surface area contributed by atoms with Crippen molar-refractivity contribution in [3.63, 3.8) is 0 Å². The SMILES string of the molecule is C[Si](C)(C)Oc1ccc2c(c1O[Si](C)(C)C)[CH]c1ccccc1-2. The fraction of sp³-hybridized carbons (Fsp3) is 0.316. The highest BCUT2D eigenvalue weighted by atomic mass is 28.4. The van der Waals surface area contributed by atoms with E-state index in [1.807, 2.05) is 0 Å². The Hall–Kier alpha value is -1.53. The maximum atomic E-state index is 6.46. The summed E-state index contributed by atoms with van der Waals surface area (Å²) in [6, 6.07) is 12.8. The molecule has 0 aliphatic heterocycles. The van der Waals surface area contributed by atoms with E-state index in [9.17, 15) is 0 Å². The lowest BCUT2D eigenvalue weighted by Gasteiger charge is -2.27. The molecule has 0 N–H and O–H groups in total. The van der Waals surface area contributed by atoms with Crippen LogP contribution in [0.5, 0.6) is 11.5 Å². The summed E-state index contributed by atoms with van der Waals surface area (Å²) in [5, 5.41) is 0. The monoisotopic (exact) mass is 341 g/mol. The van der Waals surface area contributed by atoms with Crippen molar-refractivity contribution in [3.8, 4) is 22.6 Å². The van der Waals surface area contributed by atoms with Crippen LogP contribution < -0.4 is 8.85 Å². The normalized spacial score (nSPS) is 13.5. The Balaban J connectivity index is 2.13. The molecule has 0 amide bonds. The zero-order valence-corrected chi connectivity index (χ0v) is 16.9. The molecule has 121 valence electrons. The Labute approximate surface area is 141 Å². The Morgan fingerprint density at radius 3 is 2.00 bits per heavy atom. The summed E-state index contributed by atoms with van der Waals surface area (Å²) in [6.45, 7) is 13.3. The molecule has 1 radical (unpaired) electrons. The van der Waals surface area contributed by atoms with Crippen molar-refractivity contribution < 1.29 is 8.85 Å². The summed E-state index contributed by atoms with van der Waals surface area (Å²) in [5.74, 6) is 1.83. The Bertz CT molecular complexity index is 740. The minimum Gasteiger partial charge on any atom is -0.542 e. The molecule has 0 saturated heterocycles.